The van der Waals surface area contributed by atoms with E-state index in [9.17, 15) is 4.79 Å². The summed E-state index contributed by atoms with van der Waals surface area (Å²) in [6, 6.07) is 6.07. The smallest absolute Gasteiger partial charge is 0.223 e. The molecule has 1 aliphatic rings. The molecule has 0 radical (unpaired) electrons. The molecule has 2 aromatic rings. The zero-order chi connectivity index (χ0) is 14.1. The molecule has 1 aromatic heterocycles. The molecule has 0 spiro atoms. The third-order valence-corrected chi connectivity index (χ3v) is 4.89. The van der Waals surface area contributed by atoms with Crippen LogP contribution in [0, 0.1) is 5.92 Å². The lowest BCUT2D eigenvalue weighted by atomic mass is 9.97. The third-order valence-electron chi connectivity index (χ3n) is 3.70. The van der Waals surface area contributed by atoms with E-state index < -0.39 is 0 Å². The first kappa shape index (κ1) is 13.9. The van der Waals surface area contributed by atoms with Crippen LogP contribution < -0.4 is 0 Å². The van der Waals surface area contributed by atoms with Crippen molar-refractivity contribution < 1.29 is 9.90 Å². The van der Waals surface area contributed by atoms with Crippen LogP contribution in [0.25, 0.3) is 10.2 Å². The van der Waals surface area contributed by atoms with Gasteiger partial charge < -0.3 is 10.0 Å². The monoisotopic (exact) mass is 308 g/mol. The predicted octanol–water partition coefficient (Wildman–Crippen LogP) is 2.32. The maximum absolute atomic E-state index is 12.0. The molecule has 106 valence electrons. The van der Waals surface area contributed by atoms with Crippen molar-refractivity contribution >= 4 is 40.1 Å². The third kappa shape index (κ3) is 2.82. The predicted molar refractivity (Wildman–Crippen MR) is 82.1 cm³/mol. The number of piperidine rings is 1. The average Bonchev–Trinajstić information content (AvgIpc) is 2.80. The zero-order valence-corrected chi connectivity index (χ0v) is 12.7. The minimum atomic E-state index is 0.108. The molecular weight excluding hydrogens is 292 g/mol. The van der Waals surface area contributed by atoms with Crippen molar-refractivity contribution in [2.45, 2.75) is 23.7 Å². The first-order valence-electron chi connectivity index (χ1n) is 6.63. The molecule has 1 N–H and O–H groups in total. The van der Waals surface area contributed by atoms with Crippen molar-refractivity contribution in [3.05, 3.63) is 23.8 Å². The second-order valence-electron chi connectivity index (χ2n) is 5.16. The quantitative estimate of drug-likeness (QED) is 0.856. The van der Waals surface area contributed by atoms with Crippen LogP contribution in [0.2, 0.25) is 0 Å². The standard InChI is InChI=1S/C14H16N2O2S2/c17-8-10-3-4-16(13(18)6-10)7-9-1-2-11-12(5-9)20-14(19)15-11/h1-2,5,10,17H,3-4,6-8H2,(H,15,19). The lowest BCUT2D eigenvalue weighted by molar-refractivity contribution is -0.136. The van der Waals surface area contributed by atoms with E-state index in [1.807, 2.05) is 17.0 Å². The molecule has 0 bridgehead atoms. The Labute approximate surface area is 126 Å². The summed E-state index contributed by atoms with van der Waals surface area (Å²) in [7, 11) is 0. The van der Waals surface area contributed by atoms with Gasteiger partial charge in [0.25, 0.3) is 0 Å². The van der Waals surface area contributed by atoms with Crippen LogP contribution in [0.5, 0.6) is 0 Å². The fraction of sp³-hybridized carbons (Fsp3) is 0.429. The molecule has 6 heteroatoms. The number of thiol groups is 1. The number of nitrogens with zero attached hydrogens (tertiary/aromatic N) is 2. The van der Waals surface area contributed by atoms with Crippen LogP contribution in [-0.2, 0) is 11.3 Å². The van der Waals surface area contributed by atoms with Crippen molar-refractivity contribution in [2.24, 2.45) is 5.92 Å². The van der Waals surface area contributed by atoms with Crippen molar-refractivity contribution in [3.63, 3.8) is 0 Å². The molecule has 1 saturated heterocycles. The maximum atomic E-state index is 12.0. The zero-order valence-electron chi connectivity index (χ0n) is 11.0. The Kier molecular flexibility index (Phi) is 3.96. The van der Waals surface area contributed by atoms with Crippen molar-refractivity contribution in [2.75, 3.05) is 13.2 Å². The van der Waals surface area contributed by atoms with E-state index in [1.165, 1.54) is 0 Å². The lowest BCUT2D eigenvalue weighted by Gasteiger charge is -2.31. The molecule has 0 saturated carbocycles. The van der Waals surface area contributed by atoms with Gasteiger partial charge >= 0.3 is 0 Å². The van der Waals surface area contributed by atoms with E-state index in [0.717, 1.165) is 33.1 Å². The van der Waals surface area contributed by atoms with Crippen molar-refractivity contribution in [3.8, 4) is 0 Å². The van der Waals surface area contributed by atoms with Crippen molar-refractivity contribution in [1.29, 1.82) is 0 Å². The molecule has 2 heterocycles. The van der Waals surface area contributed by atoms with Crippen LogP contribution in [0.15, 0.2) is 22.5 Å². The molecular formula is C14H16N2O2S2. The van der Waals surface area contributed by atoms with E-state index in [-0.39, 0.29) is 18.4 Å². The van der Waals surface area contributed by atoms with E-state index in [2.05, 4.69) is 23.7 Å². The van der Waals surface area contributed by atoms with Gasteiger partial charge in [0.1, 0.15) is 4.34 Å². The van der Waals surface area contributed by atoms with Gasteiger partial charge in [-0.15, -0.1) is 24.0 Å². The van der Waals surface area contributed by atoms with Gasteiger partial charge in [0.15, 0.2) is 0 Å². The molecule has 1 amide bonds. The Morgan fingerprint density at radius 3 is 3.10 bits per heavy atom. The Bertz CT molecular complexity index is 641. The van der Waals surface area contributed by atoms with Crippen LogP contribution in [0.3, 0.4) is 0 Å². The number of aliphatic hydroxyl groups excluding tert-OH is 1. The number of carbonyl (C=O) groups excluding carboxylic acids is 1. The number of likely N-dealkylation sites (tertiary alicyclic amines) is 1. The fourth-order valence-corrected chi connectivity index (χ4v) is 3.71. The number of aliphatic hydroxyl groups is 1. The normalized spacial score (nSPS) is 19.8. The summed E-state index contributed by atoms with van der Waals surface area (Å²) in [5.74, 6) is 0.268. The Morgan fingerprint density at radius 1 is 1.50 bits per heavy atom. The van der Waals surface area contributed by atoms with Gasteiger partial charge in [-0.25, -0.2) is 4.98 Å². The van der Waals surface area contributed by atoms with Crippen LogP contribution in [-0.4, -0.2) is 34.0 Å². The summed E-state index contributed by atoms with van der Waals surface area (Å²) >= 11 is 5.81. The minimum Gasteiger partial charge on any atom is -0.396 e. The average molecular weight is 308 g/mol. The molecule has 3 rings (SSSR count). The van der Waals surface area contributed by atoms with E-state index in [4.69, 9.17) is 5.11 Å². The highest BCUT2D eigenvalue weighted by atomic mass is 32.2. The summed E-state index contributed by atoms with van der Waals surface area (Å²) < 4.78 is 1.86. The van der Waals surface area contributed by atoms with Gasteiger partial charge in [0.2, 0.25) is 5.91 Å². The Morgan fingerprint density at radius 2 is 2.35 bits per heavy atom. The molecule has 20 heavy (non-hydrogen) atoms. The van der Waals surface area contributed by atoms with E-state index in [1.54, 1.807) is 11.3 Å². The van der Waals surface area contributed by atoms with Gasteiger partial charge in [-0.05, 0) is 30.0 Å². The van der Waals surface area contributed by atoms with E-state index >= 15 is 0 Å². The van der Waals surface area contributed by atoms with Gasteiger partial charge in [-0.2, -0.15) is 0 Å². The summed E-state index contributed by atoms with van der Waals surface area (Å²) in [5, 5.41) is 9.12. The number of hydrogen-bond acceptors (Lipinski definition) is 5. The molecule has 1 aromatic carbocycles. The van der Waals surface area contributed by atoms with Gasteiger partial charge in [0, 0.05) is 26.1 Å². The SMILES string of the molecule is O=C1CC(CO)CCN1Cc1ccc2nc(S)sc2c1. The lowest BCUT2D eigenvalue weighted by Crippen LogP contribution is -2.39. The second kappa shape index (κ2) is 5.71. The van der Waals surface area contributed by atoms with Crippen LogP contribution >= 0.6 is 24.0 Å². The summed E-state index contributed by atoms with van der Waals surface area (Å²) in [5.41, 5.74) is 2.07. The molecule has 4 nitrogen and oxygen atoms in total. The highest BCUT2D eigenvalue weighted by molar-refractivity contribution is 7.82. The molecule has 1 fully saturated rings. The van der Waals surface area contributed by atoms with Crippen molar-refractivity contribution in [1.82, 2.24) is 9.88 Å². The number of thiazole rings is 1. The van der Waals surface area contributed by atoms with E-state index in [0.29, 0.717) is 13.0 Å². The number of rotatable bonds is 3. The Balaban J connectivity index is 1.74. The maximum Gasteiger partial charge on any atom is 0.223 e. The summed E-state index contributed by atoms with van der Waals surface area (Å²) in [6.07, 6.45) is 1.34. The number of amides is 1. The molecule has 1 unspecified atom stereocenters. The van der Waals surface area contributed by atoms with Gasteiger partial charge in [0.05, 0.1) is 10.2 Å². The molecule has 0 aliphatic carbocycles. The molecule has 1 atom stereocenters. The highest BCUT2D eigenvalue weighted by Crippen LogP contribution is 2.26. The second-order valence-corrected chi connectivity index (χ2v) is 6.91. The van der Waals surface area contributed by atoms with Crippen LogP contribution in [0.1, 0.15) is 18.4 Å². The number of hydrogen-bond donors (Lipinski definition) is 2. The number of benzene rings is 1. The Hall–Kier alpha value is -1.11. The minimum absolute atomic E-state index is 0.108. The van der Waals surface area contributed by atoms with Gasteiger partial charge in [-0.3, -0.25) is 4.79 Å². The topological polar surface area (TPSA) is 53.4 Å². The number of aromatic nitrogens is 1. The molecule has 1 aliphatic heterocycles. The summed E-state index contributed by atoms with van der Waals surface area (Å²) in [6.45, 7) is 1.46. The largest absolute Gasteiger partial charge is 0.396 e. The van der Waals surface area contributed by atoms with Crippen LogP contribution in [0.4, 0.5) is 0 Å². The number of carbonyl (C=O) groups is 1. The van der Waals surface area contributed by atoms with Gasteiger partial charge in [-0.1, -0.05) is 6.07 Å². The summed E-state index contributed by atoms with van der Waals surface area (Å²) in [4.78, 5) is 18.2. The number of fused-ring (bicyclic) bond motifs is 1. The fourth-order valence-electron chi connectivity index (χ4n) is 2.54. The first-order chi connectivity index (χ1) is 9.65. The first-order valence-corrected chi connectivity index (χ1v) is 7.89. The highest BCUT2D eigenvalue weighted by Gasteiger charge is 2.25.